The summed E-state index contributed by atoms with van der Waals surface area (Å²) in [6.07, 6.45) is 5.01. The smallest absolute Gasteiger partial charge is 0.0477 e. The van der Waals surface area contributed by atoms with Crippen LogP contribution in [0.2, 0.25) is 0 Å². The number of methoxy groups -OCH3 is 1. The fourth-order valence-corrected chi connectivity index (χ4v) is 2.78. The van der Waals surface area contributed by atoms with Crippen LogP contribution in [0, 0.1) is 0 Å². The van der Waals surface area contributed by atoms with Gasteiger partial charge in [-0.05, 0) is 33.1 Å². The van der Waals surface area contributed by atoms with Crippen LogP contribution in [0.5, 0.6) is 0 Å². The third kappa shape index (κ3) is 3.44. The highest BCUT2D eigenvalue weighted by molar-refractivity contribution is 4.86. The molecule has 1 aliphatic heterocycles. The van der Waals surface area contributed by atoms with Crippen LogP contribution in [0.4, 0.5) is 0 Å². The van der Waals surface area contributed by atoms with Crippen molar-refractivity contribution in [1.29, 1.82) is 0 Å². The Kier molecular flexibility index (Phi) is 5.58. The molecule has 3 heteroatoms. The van der Waals surface area contributed by atoms with Crippen LogP contribution in [0.15, 0.2) is 0 Å². The molecule has 0 radical (unpaired) electrons. The van der Waals surface area contributed by atoms with E-state index < -0.39 is 0 Å². The number of likely N-dealkylation sites (tertiary alicyclic amines) is 1. The van der Waals surface area contributed by atoms with Crippen molar-refractivity contribution in [3.63, 3.8) is 0 Å². The predicted molar refractivity (Wildman–Crippen MR) is 63.9 cm³/mol. The molecule has 0 bridgehead atoms. The Bertz CT molecular complexity index is 175. The van der Waals surface area contributed by atoms with Crippen molar-refractivity contribution in [2.45, 2.75) is 57.7 Å². The van der Waals surface area contributed by atoms with Gasteiger partial charge < -0.3 is 10.5 Å². The van der Waals surface area contributed by atoms with Crippen molar-refractivity contribution in [3.8, 4) is 0 Å². The highest BCUT2D eigenvalue weighted by atomic mass is 16.5. The zero-order valence-electron chi connectivity index (χ0n) is 10.4. The Morgan fingerprint density at radius 3 is 2.80 bits per heavy atom. The molecule has 0 aromatic carbocycles. The van der Waals surface area contributed by atoms with Crippen LogP contribution in [-0.4, -0.2) is 43.3 Å². The predicted octanol–water partition coefficient (Wildman–Crippen LogP) is 1.61. The Labute approximate surface area is 94.0 Å². The molecule has 0 aliphatic carbocycles. The van der Waals surface area contributed by atoms with E-state index in [1.807, 2.05) is 0 Å². The molecule has 0 aromatic rings. The van der Waals surface area contributed by atoms with Crippen molar-refractivity contribution in [2.24, 2.45) is 5.73 Å². The lowest BCUT2D eigenvalue weighted by Gasteiger charge is -2.44. The zero-order chi connectivity index (χ0) is 11.3. The van der Waals surface area contributed by atoms with Crippen LogP contribution in [0.1, 0.15) is 39.5 Å². The van der Waals surface area contributed by atoms with E-state index in [2.05, 4.69) is 18.7 Å². The van der Waals surface area contributed by atoms with E-state index in [0.29, 0.717) is 18.1 Å². The van der Waals surface area contributed by atoms with Gasteiger partial charge in [-0.3, -0.25) is 4.90 Å². The normalized spacial score (nSPS) is 30.4. The molecule has 0 amide bonds. The number of nitrogens with zero attached hydrogens (tertiary/aromatic N) is 1. The minimum absolute atomic E-state index is 0.584. The van der Waals surface area contributed by atoms with E-state index in [9.17, 15) is 0 Å². The van der Waals surface area contributed by atoms with Gasteiger partial charge in [0.25, 0.3) is 0 Å². The lowest BCUT2D eigenvalue weighted by atomic mass is 9.94. The van der Waals surface area contributed by atoms with Crippen molar-refractivity contribution < 1.29 is 4.74 Å². The number of piperidine rings is 1. The molecular weight excluding hydrogens is 188 g/mol. The number of hydrogen-bond donors (Lipinski definition) is 1. The molecule has 0 saturated carbocycles. The van der Waals surface area contributed by atoms with Gasteiger partial charge in [0.2, 0.25) is 0 Å². The molecule has 3 atom stereocenters. The van der Waals surface area contributed by atoms with Crippen molar-refractivity contribution in [3.05, 3.63) is 0 Å². The van der Waals surface area contributed by atoms with Gasteiger partial charge in [-0.15, -0.1) is 0 Å². The Hall–Kier alpha value is -0.120. The Morgan fingerprint density at radius 2 is 2.20 bits per heavy atom. The highest BCUT2D eigenvalue weighted by Gasteiger charge is 2.30. The number of ether oxygens (including phenoxy) is 1. The molecule has 1 fully saturated rings. The van der Waals surface area contributed by atoms with Gasteiger partial charge in [-0.2, -0.15) is 0 Å². The first-order valence-corrected chi connectivity index (χ1v) is 6.17. The minimum Gasteiger partial charge on any atom is -0.385 e. The zero-order valence-corrected chi connectivity index (χ0v) is 10.4. The Morgan fingerprint density at radius 1 is 1.47 bits per heavy atom. The van der Waals surface area contributed by atoms with Gasteiger partial charge in [-0.1, -0.05) is 6.42 Å². The standard InChI is InChI=1S/C12H26N2O/c1-10-5-4-6-12(9-13)14(10)11(2)7-8-15-3/h10-12H,4-9,13H2,1-3H3. The fourth-order valence-electron chi connectivity index (χ4n) is 2.78. The molecule has 1 saturated heterocycles. The molecule has 3 unspecified atom stereocenters. The van der Waals surface area contributed by atoms with Crippen LogP contribution in [0.25, 0.3) is 0 Å². The first-order chi connectivity index (χ1) is 7.20. The maximum Gasteiger partial charge on any atom is 0.0477 e. The third-order valence-electron chi connectivity index (χ3n) is 3.61. The second-order valence-corrected chi connectivity index (χ2v) is 4.75. The molecule has 90 valence electrons. The van der Waals surface area contributed by atoms with E-state index in [0.717, 1.165) is 19.6 Å². The van der Waals surface area contributed by atoms with Gasteiger partial charge >= 0.3 is 0 Å². The maximum absolute atomic E-state index is 5.85. The molecular formula is C12H26N2O. The summed E-state index contributed by atoms with van der Waals surface area (Å²) in [6, 6.07) is 1.86. The molecule has 1 rings (SSSR count). The van der Waals surface area contributed by atoms with E-state index in [1.54, 1.807) is 7.11 Å². The summed E-state index contributed by atoms with van der Waals surface area (Å²) in [5.74, 6) is 0. The van der Waals surface area contributed by atoms with Gasteiger partial charge in [0, 0.05) is 38.4 Å². The van der Waals surface area contributed by atoms with E-state index in [4.69, 9.17) is 10.5 Å². The molecule has 1 aliphatic rings. The van der Waals surface area contributed by atoms with Crippen LogP contribution < -0.4 is 5.73 Å². The first kappa shape index (κ1) is 12.9. The summed E-state index contributed by atoms with van der Waals surface area (Å²) in [7, 11) is 1.77. The summed E-state index contributed by atoms with van der Waals surface area (Å²) < 4.78 is 5.15. The number of hydrogen-bond acceptors (Lipinski definition) is 3. The SMILES string of the molecule is COCCC(C)N1C(C)CCCC1CN. The van der Waals surface area contributed by atoms with Gasteiger partial charge in [-0.25, -0.2) is 0 Å². The van der Waals surface area contributed by atoms with Gasteiger partial charge in [0.1, 0.15) is 0 Å². The third-order valence-corrected chi connectivity index (χ3v) is 3.61. The molecule has 0 aromatic heterocycles. The highest BCUT2D eigenvalue weighted by Crippen LogP contribution is 2.25. The first-order valence-electron chi connectivity index (χ1n) is 6.17. The maximum atomic E-state index is 5.85. The lowest BCUT2D eigenvalue weighted by molar-refractivity contribution is 0.0413. The van der Waals surface area contributed by atoms with E-state index in [-0.39, 0.29) is 0 Å². The van der Waals surface area contributed by atoms with E-state index >= 15 is 0 Å². The summed E-state index contributed by atoms with van der Waals surface area (Å²) in [6.45, 7) is 6.26. The second kappa shape index (κ2) is 6.46. The minimum atomic E-state index is 0.584. The van der Waals surface area contributed by atoms with Crippen LogP contribution in [0.3, 0.4) is 0 Å². The average Bonchev–Trinajstić information content (AvgIpc) is 2.25. The topological polar surface area (TPSA) is 38.5 Å². The van der Waals surface area contributed by atoms with Gasteiger partial charge in [0.05, 0.1) is 0 Å². The summed E-state index contributed by atoms with van der Waals surface area (Å²) in [4.78, 5) is 2.60. The molecule has 1 heterocycles. The van der Waals surface area contributed by atoms with Crippen LogP contribution in [-0.2, 0) is 4.74 Å². The number of rotatable bonds is 5. The lowest BCUT2D eigenvalue weighted by Crippen LogP contribution is -2.53. The van der Waals surface area contributed by atoms with Crippen molar-refractivity contribution in [2.75, 3.05) is 20.3 Å². The quantitative estimate of drug-likeness (QED) is 0.755. The average molecular weight is 214 g/mol. The molecule has 15 heavy (non-hydrogen) atoms. The number of nitrogens with two attached hydrogens (primary N) is 1. The van der Waals surface area contributed by atoms with Crippen molar-refractivity contribution in [1.82, 2.24) is 4.90 Å². The van der Waals surface area contributed by atoms with Gasteiger partial charge in [0.15, 0.2) is 0 Å². The van der Waals surface area contributed by atoms with E-state index in [1.165, 1.54) is 19.3 Å². The van der Waals surface area contributed by atoms with Crippen LogP contribution >= 0.6 is 0 Å². The molecule has 3 nitrogen and oxygen atoms in total. The largest absolute Gasteiger partial charge is 0.385 e. The summed E-state index contributed by atoms with van der Waals surface area (Å²) in [5, 5.41) is 0. The summed E-state index contributed by atoms with van der Waals surface area (Å²) >= 11 is 0. The second-order valence-electron chi connectivity index (χ2n) is 4.75. The molecule has 0 spiro atoms. The monoisotopic (exact) mass is 214 g/mol. The summed E-state index contributed by atoms with van der Waals surface area (Å²) in [5.41, 5.74) is 5.85. The fraction of sp³-hybridized carbons (Fsp3) is 1.00. The Balaban J connectivity index is 2.52. The van der Waals surface area contributed by atoms with Crippen molar-refractivity contribution >= 4 is 0 Å². The molecule has 2 N–H and O–H groups in total.